The van der Waals surface area contributed by atoms with Gasteiger partial charge in [0.15, 0.2) is 0 Å². The van der Waals surface area contributed by atoms with E-state index < -0.39 is 5.92 Å². The molecule has 1 fully saturated rings. The fraction of sp³-hybridized carbons (Fsp3) is 1.00. The Balaban J connectivity index is 2.45. The van der Waals surface area contributed by atoms with Crippen LogP contribution in [-0.4, -0.2) is 5.92 Å². The van der Waals surface area contributed by atoms with E-state index >= 15 is 0 Å². The highest BCUT2D eigenvalue weighted by atomic mass is 19.3. The molecule has 1 aliphatic carbocycles. The summed E-state index contributed by atoms with van der Waals surface area (Å²) in [7, 11) is 0. The second-order valence-electron chi connectivity index (χ2n) is 2.48. The standard InChI is InChI=1S/C6H10F2/c1-3-5-4(2)6(5,7)8/h4-5H,3H2,1-2H3. The minimum atomic E-state index is -2.32. The first-order chi connectivity index (χ1) is 3.60. The van der Waals surface area contributed by atoms with Crippen LogP contribution in [0.25, 0.3) is 0 Å². The van der Waals surface area contributed by atoms with Crippen molar-refractivity contribution in [2.45, 2.75) is 26.2 Å². The highest BCUT2D eigenvalue weighted by Crippen LogP contribution is 2.56. The van der Waals surface area contributed by atoms with Gasteiger partial charge in [-0.2, -0.15) is 0 Å². The van der Waals surface area contributed by atoms with E-state index in [0.717, 1.165) is 0 Å². The van der Waals surface area contributed by atoms with E-state index in [0.29, 0.717) is 6.42 Å². The second kappa shape index (κ2) is 1.42. The zero-order valence-electron chi connectivity index (χ0n) is 5.12. The molecule has 0 saturated heterocycles. The molecule has 2 heteroatoms. The summed E-state index contributed by atoms with van der Waals surface area (Å²) in [5, 5.41) is 0. The lowest BCUT2D eigenvalue weighted by Gasteiger charge is -1.87. The van der Waals surface area contributed by atoms with Crippen molar-refractivity contribution in [3.63, 3.8) is 0 Å². The highest BCUT2D eigenvalue weighted by molar-refractivity contribution is 5.01. The maximum absolute atomic E-state index is 12.2. The van der Waals surface area contributed by atoms with Gasteiger partial charge in [0.05, 0.1) is 0 Å². The molecule has 2 atom stereocenters. The van der Waals surface area contributed by atoms with Crippen LogP contribution in [0.4, 0.5) is 8.78 Å². The molecule has 0 aromatic heterocycles. The molecule has 0 spiro atoms. The van der Waals surface area contributed by atoms with Gasteiger partial charge in [-0.1, -0.05) is 13.8 Å². The quantitative estimate of drug-likeness (QED) is 0.498. The average molecular weight is 120 g/mol. The van der Waals surface area contributed by atoms with Crippen molar-refractivity contribution < 1.29 is 8.78 Å². The maximum atomic E-state index is 12.2. The third kappa shape index (κ3) is 0.550. The van der Waals surface area contributed by atoms with Crippen LogP contribution < -0.4 is 0 Å². The van der Waals surface area contributed by atoms with Gasteiger partial charge in [0, 0.05) is 11.8 Å². The highest BCUT2D eigenvalue weighted by Gasteiger charge is 2.63. The van der Waals surface area contributed by atoms with E-state index in [2.05, 4.69) is 0 Å². The topological polar surface area (TPSA) is 0 Å². The van der Waals surface area contributed by atoms with E-state index in [1.807, 2.05) is 6.92 Å². The molecular formula is C6H10F2. The minimum absolute atomic E-state index is 0.317. The SMILES string of the molecule is CCC1C(C)C1(F)F. The van der Waals surface area contributed by atoms with E-state index in [1.165, 1.54) is 0 Å². The molecule has 0 aliphatic heterocycles. The van der Waals surface area contributed by atoms with Crippen LogP contribution in [0, 0.1) is 11.8 Å². The third-order valence-electron chi connectivity index (χ3n) is 2.04. The van der Waals surface area contributed by atoms with Crippen LogP contribution in [-0.2, 0) is 0 Å². The van der Waals surface area contributed by atoms with Crippen LogP contribution in [0.2, 0.25) is 0 Å². The predicted molar refractivity (Wildman–Crippen MR) is 27.9 cm³/mol. The Bertz CT molecular complexity index is 98.7. The van der Waals surface area contributed by atoms with Gasteiger partial charge < -0.3 is 0 Å². The van der Waals surface area contributed by atoms with Crippen molar-refractivity contribution in [1.29, 1.82) is 0 Å². The normalized spacial score (nSPS) is 42.0. The van der Waals surface area contributed by atoms with Gasteiger partial charge >= 0.3 is 0 Å². The Morgan fingerprint density at radius 2 is 1.88 bits per heavy atom. The number of rotatable bonds is 1. The molecular weight excluding hydrogens is 110 g/mol. The maximum Gasteiger partial charge on any atom is 0.254 e. The zero-order chi connectivity index (χ0) is 6.36. The van der Waals surface area contributed by atoms with Crippen LogP contribution in [0.1, 0.15) is 20.3 Å². The van der Waals surface area contributed by atoms with Gasteiger partial charge in [-0.25, -0.2) is 8.78 Å². The molecule has 0 bridgehead atoms. The van der Waals surface area contributed by atoms with Crippen molar-refractivity contribution in [3.8, 4) is 0 Å². The van der Waals surface area contributed by atoms with Gasteiger partial charge in [-0.15, -0.1) is 0 Å². The molecule has 0 radical (unpaired) electrons. The van der Waals surface area contributed by atoms with Gasteiger partial charge in [0.1, 0.15) is 0 Å². The van der Waals surface area contributed by atoms with Gasteiger partial charge in [0.2, 0.25) is 0 Å². The molecule has 1 saturated carbocycles. The van der Waals surface area contributed by atoms with E-state index in [4.69, 9.17) is 0 Å². The summed E-state index contributed by atoms with van der Waals surface area (Å²) < 4.78 is 24.4. The summed E-state index contributed by atoms with van der Waals surface area (Å²) in [5.41, 5.74) is 0. The van der Waals surface area contributed by atoms with Crippen LogP contribution in [0.15, 0.2) is 0 Å². The van der Waals surface area contributed by atoms with Crippen molar-refractivity contribution >= 4 is 0 Å². The first kappa shape index (κ1) is 5.99. The Morgan fingerprint density at radius 1 is 1.50 bits per heavy atom. The lowest BCUT2D eigenvalue weighted by Crippen LogP contribution is -1.91. The molecule has 0 aromatic carbocycles. The molecule has 48 valence electrons. The minimum Gasteiger partial charge on any atom is -0.206 e. The fourth-order valence-electron chi connectivity index (χ4n) is 1.19. The number of hydrogen-bond donors (Lipinski definition) is 0. The Kier molecular flexibility index (Phi) is 1.07. The number of alkyl halides is 2. The summed E-state index contributed by atoms with van der Waals surface area (Å²) in [6.07, 6.45) is 0.619. The van der Waals surface area contributed by atoms with Crippen molar-refractivity contribution in [2.75, 3.05) is 0 Å². The van der Waals surface area contributed by atoms with Gasteiger partial charge in [0.25, 0.3) is 5.92 Å². The van der Waals surface area contributed by atoms with Crippen molar-refractivity contribution in [1.82, 2.24) is 0 Å². The summed E-state index contributed by atoms with van der Waals surface area (Å²) in [6.45, 7) is 3.41. The second-order valence-corrected chi connectivity index (χ2v) is 2.48. The first-order valence-corrected chi connectivity index (χ1v) is 2.98. The summed E-state index contributed by atoms with van der Waals surface area (Å²) in [4.78, 5) is 0. The van der Waals surface area contributed by atoms with Gasteiger partial charge in [-0.3, -0.25) is 0 Å². The van der Waals surface area contributed by atoms with Gasteiger partial charge in [-0.05, 0) is 6.42 Å². The number of halogens is 2. The van der Waals surface area contributed by atoms with Crippen LogP contribution >= 0.6 is 0 Å². The molecule has 2 unspecified atom stereocenters. The molecule has 0 heterocycles. The Hall–Kier alpha value is -0.140. The van der Waals surface area contributed by atoms with E-state index in [9.17, 15) is 8.78 Å². The summed E-state index contributed by atoms with van der Waals surface area (Å²) in [6, 6.07) is 0. The van der Waals surface area contributed by atoms with Crippen LogP contribution in [0.5, 0.6) is 0 Å². The summed E-state index contributed by atoms with van der Waals surface area (Å²) >= 11 is 0. The molecule has 0 aromatic rings. The van der Waals surface area contributed by atoms with E-state index in [-0.39, 0.29) is 11.8 Å². The smallest absolute Gasteiger partial charge is 0.206 e. The Labute approximate surface area is 47.9 Å². The fourth-order valence-corrected chi connectivity index (χ4v) is 1.19. The third-order valence-corrected chi connectivity index (χ3v) is 2.04. The van der Waals surface area contributed by atoms with Crippen molar-refractivity contribution in [3.05, 3.63) is 0 Å². The molecule has 1 aliphatic rings. The van der Waals surface area contributed by atoms with Crippen LogP contribution in [0.3, 0.4) is 0 Å². The molecule has 0 N–H and O–H groups in total. The first-order valence-electron chi connectivity index (χ1n) is 2.98. The monoisotopic (exact) mass is 120 g/mol. The lowest BCUT2D eigenvalue weighted by atomic mass is 10.3. The molecule has 0 amide bonds. The van der Waals surface area contributed by atoms with Crippen molar-refractivity contribution in [2.24, 2.45) is 11.8 Å². The zero-order valence-corrected chi connectivity index (χ0v) is 5.12. The largest absolute Gasteiger partial charge is 0.254 e. The molecule has 1 rings (SSSR count). The molecule has 8 heavy (non-hydrogen) atoms. The lowest BCUT2D eigenvalue weighted by molar-refractivity contribution is 0.0859. The predicted octanol–water partition coefficient (Wildman–Crippen LogP) is 2.30. The average Bonchev–Trinajstić information content (AvgIpc) is 2.09. The Morgan fingerprint density at radius 3 is 1.88 bits per heavy atom. The number of hydrogen-bond acceptors (Lipinski definition) is 0. The summed E-state index contributed by atoms with van der Waals surface area (Å²) in [5.74, 6) is -3.00. The molecule has 0 nitrogen and oxygen atoms in total. The van der Waals surface area contributed by atoms with E-state index in [1.54, 1.807) is 6.92 Å².